The number of pyridine rings is 1. The predicted molar refractivity (Wildman–Crippen MR) is 112 cm³/mol. The van der Waals surface area contributed by atoms with Gasteiger partial charge >= 0.3 is 0 Å². The number of imidazole rings is 1. The third-order valence-electron chi connectivity index (χ3n) is 5.26. The van der Waals surface area contributed by atoms with Crippen molar-refractivity contribution >= 4 is 15.8 Å². The van der Waals surface area contributed by atoms with Crippen LogP contribution in [0.4, 0.5) is 10.2 Å². The van der Waals surface area contributed by atoms with Crippen LogP contribution in [-0.4, -0.2) is 40.3 Å². The number of halogens is 1. The molecule has 1 aromatic carbocycles. The lowest BCUT2D eigenvalue weighted by Crippen LogP contribution is -2.35. The molecule has 1 aliphatic heterocycles. The van der Waals surface area contributed by atoms with Gasteiger partial charge in [-0.3, -0.25) is 0 Å². The van der Waals surface area contributed by atoms with Gasteiger partial charge in [0.15, 0.2) is 0 Å². The van der Waals surface area contributed by atoms with Crippen LogP contribution in [0.25, 0.3) is 5.69 Å². The van der Waals surface area contributed by atoms with Crippen molar-refractivity contribution in [3.63, 3.8) is 0 Å². The van der Waals surface area contributed by atoms with Gasteiger partial charge in [-0.2, -0.15) is 4.31 Å². The molecule has 1 fully saturated rings. The van der Waals surface area contributed by atoms with Crippen LogP contribution in [0, 0.1) is 12.7 Å². The zero-order valence-corrected chi connectivity index (χ0v) is 17.6. The first-order valence-corrected chi connectivity index (χ1v) is 11.4. The minimum atomic E-state index is -3.50. The quantitative estimate of drug-likeness (QED) is 0.649. The molecule has 1 aliphatic rings. The monoisotopic (exact) mass is 429 g/mol. The van der Waals surface area contributed by atoms with Crippen molar-refractivity contribution in [2.45, 2.75) is 37.6 Å². The highest BCUT2D eigenvalue weighted by molar-refractivity contribution is 7.89. The van der Waals surface area contributed by atoms with Crippen LogP contribution in [0.3, 0.4) is 0 Å². The molecule has 0 spiro atoms. The van der Waals surface area contributed by atoms with Crippen molar-refractivity contribution in [2.75, 3.05) is 18.4 Å². The Kier molecular flexibility index (Phi) is 5.83. The molecule has 3 aromatic rings. The van der Waals surface area contributed by atoms with Gasteiger partial charge in [-0.05, 0) is 49.6 Å². The smallest absolute Gasteiger partial charge is 0.244 e. The summed E-state index contributed by atoms with van der Waals surface area (Å²) in [6, 6.07) is 8.21. The minimum Gasteiger partial charge on any atom is -0.366 e. The number of piperidine rings is 1. The molecule has 0 radical (unpaired) electrons. The summed E-state index contributed by atoms with van der Waals surface area (Å²) in [5, 5.41) is 3.11. The molecule has 9 heteroatoms. The third-order valence-corrected chi connectivity index (χ3v) is 7.14. The number of anilines is 1. The SMILES string of the molecule is Cc1nccn1-c1ccc(CNc2ccc(S(=O)(=O)N3CCCCC3)cn2)cc1F. The normalized spacial score (nSPS) is 15.3. The molecule has 2 aromatic heterocycles. The number of nitrogens with one attached hydrogen (secondary N) is 1. The number of rotatable bonds is 6. The molecule has 3 heterocycles. The van der Waals surface area contributed by atoms with Gasteiger partial charge in [0.1, 0.15) is 22.4 Å². The second-order valence-corrected chi connectivity index (χ2v) is 9.27. The van der Waals surface area contributed by atoms with E-state index in [1.54, 1.807) is 35.2 Å². The standard InChI is InChI=1S/C21H24FN5O2S/c1-16-23-9-12-27(16)20-7-5-17(13-19(20)22)14-24-21-8-6-18(15-25-21)30(28,29)26-10-3-2-4-11-26/h5-9,12-13,15H,2-4,10-11,14H2,1H3,(H,24,25). The average molecular weight is 430 g/mol. The van der Waals surface area contributed by atoms with Crippen molar-refractivity contribution in [2.24, 2.45) is 0 Å². The van der Waals surface area contributed by atoms with E-state index in [1.165, 1.54) is 16.6 Å². The Bertz CT molecular complexity index is 1120. The zero-order chi connectivity index (χ0) is 21.1. The van der Waals surface area contributed by atoms with E-state index >= 15 is 0 Å². The molecule has 1 N–H and O–H groups in total. The summed E-state index contributed by atoms with van der Waals surface area (Å²) in [6.45, 7) is 3.30. The van der Waals surface area contributed by atoms with Gasteiger partial charge in [0.2, 0.25) is 10.0 Å². The van der Waals surface area contributed by atoms with Gasteiger partial charge in [-0.1, -0.05) is 12.5 Å². The molecule has 30 heavy (non-hydrogen) atoms. The highest BCUT2D eigenvalue weighted by Crippen LogP contribution is 2.21. The van der Waals surface area contributed by atoms with Crippen molar-refractivity contribution in [3.8, 4) is 5.69 Å². The van der Waals surface area contributed by atoms with Crippen LogP contribution < -0.4 is 5.32 Å². The Balaban J connectivity index is 1.42. The van der Waals surface area contributed by atoms with Crippen LogP contribution in [0.2, 0.25) is 0 Å². The maximum absolute atomic E-state index is 14.5. The van der Waals surface area contributed by atoms with Crippen molar-refractivity contribution < 1.29 is 12.8 Å². The van der Waals surface area contributed by atoms with E-state index in [9.17, 15) is 12.8 Å². The summed E-state index contributed by atoms with van der Waals surface area (Å²) in [7, 11) is -3.50. The Labute approximate surface area is 175 Å². The number of hydrogen-bond acceptors (Lipinski definition) is 5. The maximum atomic E-state index is 14.5. The average Bonchev–Trinajstić information content (AvgIpc) is 3.19. The summed E-state index contributed by atoms with van der Waals surface area (Å²) in [5.41, 5.74) is 1.19. The second-order valence-electron chi connectivity index (χ2n) is 7.33. The molecule has 4 rings (SSSR count). The van der Waals surface area contributed by atoms with E-state index in [0.29, 0.717) is 37.0 Å². The zero-order valence-electron chi connectivity index (χ0n) is 16.8. The summed E-state index contributed by atoms with van der Waals surface area (Å²) in [6.07, 6.45) is 7.57. The topological polar surface area (TPSA) is 80.1 Å². The van der Waals surface area contributed by atoms with Gasteiger partial charge in [-0.15, -0.1) is 0 Å². The van der Waals surface area contributed by atoms with E-state index in [2.05, 4.69) is 15.3 Å². The number of aromatic nitrogens is 3. The first-order chi connectivity index (χ1) is 14.4. The Morgan fingerprint density at radius 3 is 2.53 bits per heavy atom. The number of aryl methyl sites for hydroxylation is 1. The summed E-state index contributed by atoms with van der Waals surface area (Å²) in [4.78, 5) is 8.54. The van der Waals surface area contributed by atoms with Crippen molar-refractivity contribution in [1.82, 2.24) is 18.8 Å². The van der Waals surface area contributed by atoms with Gasteiger partial charge in [0, 0.05) is 38.2 Å². The van der Waals surface area contributed by atoms with Crippen LogP contribution in [0.5, 0.6) is 0 Å². The molecular weight excluding hydrogens is 405 g/mol. The Hall–Kier alpha value is -2.78. The van der Waals surface area contributed by atoms with Crippen LogP contribution in [0.1, 0.15) is 30.7 Å². The summed E-state index contributed by atoms with van der Waals surface area (Å²) in [5.74, 6) is 0.900. The van der Waals surface area contributed by atoms with E-state index in [0.717, 1.165) is 24.8 Å². The molecule has 0 amide bonds. The van der Waals surface area contributed by atoms with Crippen LogP contribution >= 0.6 is 0 Å². The number of benzene rings is 1. The molecule has 0 bridgehead atoms. The maximum Gasteiger partial charge on any atom is 0.244 e. The Morgan fingerprint density at radius 2 is 1.90 bits per heavy atom. The first kappa shape index (κ1) is 20.5. The fraction of sp³-hybridized carbons (Fsp3) is 0.333. The van der Waals surface area contributed by atoms with Crippen molar-refractivity contribution in [1.29, 1.82) is 0 Å². The molecule has 0 aliphatic carbocycles. The molecule has 0 atom stereocenters. The molecule has 7 nitrogen and oxygen atoms in total. The van der Waals surface area contributed by atoms with Gasteiger partial charge in [-0.25, -0.2) is 22.8 Å². The van der Waals surface area contributed by atoms with Gasteiger partial charge in [0.05, 0.1) is 5.69 Å². The highest BCUT2D eigenvalue weighted by Gasteiger charge is 2.26. The second kappa shape index (κ2) is 8.53. The van der Waals surface area contributed by atoms with E-state index in [1.807, 2.05) is 13.0 Å². The third kappa shape index (κ3) is 4.22. The summed E-state index contributed by atoms with van der Waals surface area (Å²) >= 11 is 0. The Morgan fingerprint density at radius 1 is 1.10 bits per heavy atom. The fourth-order valence-electron chi connectivity index (χ4n) is 3.57. The largest absolute Gasteiger partial charge is 0.366 e. The van der Waals surface area contributed by atoms with E-state index in [4.69, 9.17) is 0 Å². The van der Waals surface area contributed by atoms with Crippen LogP contribution in [0.15, 0.2) is 53.8 Å². The lowest BCUT2D eigenvalue weighted by molar-refractivity contribution is 0.346. The first-order valence-electron chi connectivity index (χ1n) is 9.94. The molecule has 0 saturated carbocycles. The minimum absolute atomic E-state index is 0.195. The molecule has 0 unspecified atom stereocenters. The molecule has 158 valence electrons. The predicted octanol–water partition coefficient (Wildman–Crippen LogP) is 3.50. The number of hydrogen-bond donors (Lipinski definition) is 1. The molecular formula is C21H24FN5O2S. The lowest BCUT2D eigenvalue weighted by atomic mass is 10.2. The number of sulfonamides is 1. The van der Waals surface area contributed by atoms with Crippen molar-refractivity contribution in [3.05, 3.63) is 66.1 Å². The van der Waals surface area contributed by atoms with E-state index < -0.39 is 10.0 Å². The number of nitrogens with zero attached hydrogens (tertiary/aromatic N) is 4. The summed E-state index contributed by atoms with van der Waals surface area (Å²) < 4.78 is 43.1. The van der Waals surface area contributed by atoms with Gasteiger partial charge in [0.25, 0.3) is 0 Å². The van der Waals surface area contributed by atoms with E-state index in [-0.39, 0.29) is 10.7 Å². The molecule has 1 saturated heterocycles. The highest BCUT2D eigenvalue weighted by atomic mass is 32.2. The van der Waals surface area contributed by atoms with Crippen LogP contribution in [-0.2, 0) is 16.6 Å². The fourth-order valence-corrected chi connectivity index (χ4v) is 5.04. The van der Waals surface area contributed by atoms with Gasteiger partial charge < -0.3 is 9.88 Å². The lowest BCUT2D eigenvalue weighted by Gasteiger charge is -2.25.